The first kappa shape index (κ1) is 15.5. The topological polar surface area (TPSA) is 21.3 Å². The lowest BCUT2D eigenvalue weighted by molar-refractivity contribution is 0.0610. The number of ether oxygens (including phenoxy) is 1. The molecule has 0 aromatic heterocycles. The fraction of sp³-hybridized carbons (Fsp3) is 0.667. The highest BCUT2D eigenvalue weighted by atomic mass is 16.5. The number of rotatable bonds is 8. The second-order valence-corrected chi connectivity index (χ2v) is 5.90. The Labute approximate surface area is 123 Å². The van der Waals surface area contributed by atoms with Crippen LogP contribution in [0.1, 0.15) is 69.0 Å². The minimum absolute atomic E-state index is 0.261. The van der Waals surface area contributed by atoms with Crippen molar-refractivity contribution in [1.82, 2.24) is 5.32 Å². The predicted molar refractivity (Wildman–Crippen MR) is 85.2 cm³/mol. The summed E-state index contributed by atoms with van der Waals surface area (Å²) < 4.78 is 5.74. The van der Waals surface area contributed by atoms with Gasteiger partial charge in [-0.15, -0.1) is 0 Å². The molecule has 1 aromatic carbocycles. The third-order valence-electron chi connectivity index (χ3n) is 4.52. The first-order valence-corrected chi connectivity index (χ1v) is 8.16. The zero-order valence-electron chi connectivity index (χ0n) is 13.2. The monoisotopic (exact) mass is 275 g/mol. The summed E-state index contributed by atoms with van der Waals surface area (Å²) in [6.45, 7) is 5.36. The van der Waals surface area contributed by atoms with Gasteiger partial charge in [0.15, 0.2) is 0 Å². The third kappa shape index (κ3) is 3.62. The fourth-order valence-corrected chi connectivity index (χ4v) is 3.14. The molecule has 1 aliphatic carbocycles. The highest BCUT2D eigenvalue weighted by Gasteiger charge is 2.24. The molecule has 0 saturated heterocycles. The van der Waals surface area contributed by atoms with Crippen LogP contribution >= 0.6 is 0 Å². The van der Waals surface area contributed by atoms with E-state index in [9.17, 15) is 0 Å². The van der Waals surface area contributed by atoms with Gasteiger partial charge in [0, 0.05) is 7.11 Å². The summed E-state index contributed by atoms with van der Waals surface area (Å²) in [5.41, 5.74) is 2.90. The Morgan fingerprint density at radius 1 is 1.30 bits per heavy atom. The molecule has 0 heterocycles. The van der Waals surface area contributed by atoms with E-state index in [2.05, 4.69) is 43.4 Å². The minimum atomic E-state index is 0.261. The number of benzene rings is 1. The molecule has 0 aliphatic heterocycles. The van der Waals surface area contributed by atoms with E-state index in [4.69, 9.17) is 4.74 Å². The van der Waals surface area contributed by atoms with E-state index in [-0.39, 0.29) is 6.10 Å². The first-order chi connectivity index (χ1) is 9.80. The lowest BCUT2D eigenvalue weighted by atomic mass is 9.79. The van der Waals surface area contributed by atoms with Gasteiger partial charge < -0.3 is 10.1 Å². The number of hydrogen-bond donors (Lipinski definition) is 1. The summed E-state index contributed by atoms with van der Waals surface area (Å²) in [6, 6.07) is 9.46. The average Bonchev–Trinajstić information content (AvgIpc) is 2.41. The zero-order chi connectivity index (χ0) is 14.4. The van der Waals surface area contributed by atoms with Gasteiger partial charge in [0.25, 0.3) is 0 Å². The van der Waals surface area contributed by atoms with Crippen molar-refractivity contribution in [3.63, 3.8) is 0 Å². The molecule has 2 rings (SSSR count). The SMILES string of the molecule is CCCC(OC)C(NCC)c1cccc(C2CCC2)c1. The van der Waals surface area contributed by atoms with Gasteiger partial charge in [0.05, 0.1) is 12.1 Å². The molecule has 2 nitrogen and oxygen atoms in total. The Morgan fingerprint density at radius 3 is 2.65 bits per heavy atom. The van der Waals surface area contributed by atoms with Crippen molar-refractivity contribution < 1.29 is 4.74 Å². The van der Waals surface area contributed by atoms with E-state index in [0.29, 0.717) is 6.04 Å². The Bertz CT molecular complexity index is 400. The molecule has 0 bridgehead atoms. The van der Waals surface area contributed by atoms with Gasteiger partial charge in [0.1, 0.15) is 0 Å². The van der Waals surface area contributed by atoms with Gasteiger partial charge in [-0.25, -0.2) is 0 Å². The maximum absolute atomic E-state index is 5.74. The van der Waals surface area contributed by atoms with Crippen molar-refractivity contribution in [3.8, 4) is 0 Å². The third-order valence-corrected chi connectivity index (χ3v) is 4.52. The van der Waals surface area contributed by atoms with Gasteiger partial charge in [0.2, 0.25) is 0 Å². The van der Waals surface area contributed by atoms with Crippen molar-refractivity contribution in [1.29, 1.82) is 0 Å². The van der Waals surface area contributed by atoms with Crippen molar-refractivity contribution in [2.24, 2.45) is 0 Å². The molecule has 0 radical (unpaired) electrons. The summed E-state index contributed by atoms with van der Waals surface area (Å²) in [4.78, 5) is 0. The molecule has 2 atom stereocenters. The van der Waals surface area contributed by atoms with Gasteiger partial charge in [-0.05, 0) is 42.9 Å². The normalized spacial score (nSPS) is 18.6. The van der Waals surface area contributed by atoms with Gasteiger partial charge >= 0.3 is 0 Å². The molecular weight excluding hydrogens is 246 g/mol. The smallest absolute Gasteiger partial charge is 0.0765 e. The minimum Gasteiger partial charge on any atom is -0.379 e. The standard InChI is InChI=1S/C18H29NO/c1-4-8-17(20-3)18(19-5-2)16-12-7-11-15(13-16)14-9-6-10-14/h7,11-14,17-19H,4-6,8-10H2,1-3H3. The highest BCUT2D eigenvalue weighted by Crippen LogP contribution is 2.37. The maximum atomic E-state index is 5.74. The van der Waals surface area contributed by atoms with Gasteiger partial charge in [-0.3, -0.25) is 0 Å². The number of likely N-dealkylation sites (N-methyl/N-ethyl adjacent to an activating group) is 1. The van der Waals surface area contributed by atoms with Crippen LogP contribution in [0.3, 0.4) is 0 Å². The van der Waals surface area contributed by atoms with Crippen LogP contribution in [0, 0.1) is 0 Å². The van der Waals surface area contributed by atoms with Crippen LogP contribution in [0.5, 0.6) is 0 Å². The number of nitrogens with one attached hydrogen (secondary N) is 1. The first-order valence-electron chi connectivity index (χ1n) is 8.16. The molecule has 1 aliphatic rings. The van der Waals surface area contributed by atoms with E-state index >= 15 is 0 Å². The van der Waals surface area contributed by atoms with Crippen molar-refractivity contribution in [3.05, 3.63) is 35.4 Å². The van der Waals surface area contributed by atoms with Crippen LogP contribution in [0.2, 0.25) is 0 Å². The largest absolute Gasteiger partial charge is 0.379 e. The Balaban J connectivity index is 2.18. The highest BCUT2D eigenvalue weighted by molar-refractivity contribution is 5.30. The van der Waals surface area contributed by atoms with Crippen LogP contribution in [0.4, 0.5) is 0 Å². The van der Waals surface area contributed by atoms with Crippen LogP contribution in [-0.2, 0) is 4.74 Å². The van der Waals surface area contributed by atoms with E-state index in [1.54, 1.807) is 0 Å². The lowest BCUT2D eigenvalue weighted by Gasteiger charge is -2.30. The molecule has 112 valence electrons. The van der Waals surface area contributed by atoms with Crippen LogP contribution in [-0.4, -0.2) is 19.8 Å². The molecule has 20 heavy (non-hydrogen) atoms. The van der Waals surface area contributed by atoms with Gasteiger partial charge in [-0.2, -0.15) is 0 Å². The zero-order valence-corrected chi connectivity index (χ0v) is 13.2. The van der Waals surface area contributed by atoms with Crippen LogP contribution in [0.25, 0.3) is 0 Å². The second-order valence-electron chi connectivity index (χ2n) is 5.90. The van der Waals surface area contributed by atoms with E-state index < -0.39 is 0 Å². The van der Waals surface area contributed by atoms with Crippen molar-refractivity contribution in [2.45, 2.75) is 64.0 Å². The summed E-state index contributed by atoms with van der Waals surface area (Å²) in [5, 5.41) is 3.61. The quantitative estimate of drug-likeness (QED) is 0.758. The fourth-order valence-electron chi connectivity index (χ4n) is 3.14. The molecule has 0 spiro atoms. The van der Waals surface area contributed by atoms with Crippen molar-refractivity contribution in [2.75, 3.05) is 13.7 Å². The summed E-state index contributed by atoms with van der Waals surface area (Å²) in [5.74, 6) is 0.796. The molecule has 1 fully saturated rings. The Hall–Kier alpha value is -0.860. The lowest BCUT2D eigenvalue weighted by Crippen LogP contribution is -2.33. The van der Waals surface area contributed by atoms with Gasteiger partial charge in [-0.1, -0.05) is 51.0 Å². The second kappa shape index (κ2) is 7.80. The molecule has 1 aromatic rings. The molecule has 2 heteroatoms. The number of methoxy groups -OCH3 is 1. The summed E-state index contributed by atoms with van der Waals surface area (Å²) >= 11 is 0. The van der Waals surface area contributed by atoms with Crippen LogP contribution < -0.4 is 5.32 Å². The van der Waals surface area contributed by atoms with E-state index in [0.717, 1.165) is 25.3 Å². The molecular formula is C18H29NO. The maximum Gasteiger partial charge on any atom is 0.0765 e. The van der Waals surface area contributed by atoms with Crippen LogP contribution in [0.15, 0.2) is 24.3 Å². The Morgan fingerprint density at radius 2 is 2.10 bits per heavy atom. The Kier molecular flexibility index (Phi) is 6.06. The summed E-state index contributed by atoms with van der Waals surface area (Å²) in [7, 11) is 1.83. The molecule has 0 amide bonds. The molecule has 2 unspecified atom stereocenters. The molecule has 1 N–H and O–H groups in total. The van der Waals surface area contributed by atoms with E-state index in [1.165, 1.54) is 30.4 Å². The van der Waals surface area contributed by atoms with Crippen molar-refractivity contribution >= 4 is 0 Å². The summed E-state index contributed by atoms with van der Waals surface area (Å²) in [6.07, 6.45) is 6.62. The van der Waals surface area contributed by atoms with E-state index in [1.807, 2.05) is 7.11 Å². The number of hydrogen-bond acceptors (Lipinski definition) is 2. The predicted octanol–water partition coefficient (Wildman–Crippen LogP) is 4.42. The average molecular weight is 275 g/mol. The molecule has 1 saturated carbocycles.